The third kappa shape index (κ3) is 0.618. The molecule has 3 rings (SSSR count). The predicted molar refractivity (Wildman–Crippen MR) is 43.2 cm³/mol. The van der Waals surface area contributed by atoms with Crippen molar-refractivity contribution in [2.24, 2.45) is 23.7 Å². The molecule has 1 heteroatoms. The molecule has 11 heavy (non-hydrogen) atoms. The third-order valence-corrected chi connectivity index (χ3v) is 4.36. The SMILES string of the molecule is CC1OC2C(C)C3CC1C2C3. The first-order valence-electron chi connectivity index (χ1n) is 4.93. The fraction of sp³-hybridized carbons (Fsp3) is 1.00. The van der Waals surface area contributed by atoms with Crippen molar-refractivity contribution in [2.45, 2.75) is 38.9 Å². The number of hydrogen-bond donors (Lipinski definition) is 0. The summed E-state index contributed by atoms with van der Waals surface area (Å²) < 4.78 is 5.95. The third-order valence-electron chi connectivity index (χ3n) is 4.36. The summed E-state index contributed by atoms with van der Waals surface area (Å²) in [5.74, 6) is 3.76. The van der Waals surface area contributed by atoms with E-state index in [1.165, 1.54) is 12.8 Å². The van der Waals surface area contributed by atoms with Crippen LogP contribution in [0.25, 0.3) is 0 Å². The largest absolute Gasteiger partial charge is 0.374 e. The van der Waals surface area contributed by atoms with Gasteiger partial charge in [-0.15, -0.1) is 0 Å². The van der Waals surface area contributed by atoms with Crippen LogP contribution in [-0.4, -0.2) is 12.2 Å². The van der Waals surface area contributed by atoms with Crippen LogP contribution in [0.3, 0.4) is 0 Å². The molecule has 1 heterocycles. The van der Waals surface area contributed by atoms with Crippen LogP contribution in [0.4, 0.5) is 0 Å². The van der Waals surface area contributed by atoms with Gasteiger partial charge in [-0.1, -0.05) is 6.92 Å². The smallest absolute Gasteiger partial charge is 0.0638 e. The van der Waals surface area contributed by atoms with E-state index in [9.17, 15) is 0 Å². The summed E-state index contributed by atoms with van der Waals surface area (Å²) in [7, 11) is 0. The molecular weight excluding hydrogens is 136 g/mol. The average molecular weight is 152 g/mol. The van der Waals surface area contributed by atoms with E-state index < -0.39 is 0 Å². The monoisotopic (exact) mass is 152 g/mol. The van der Waals surface area contributed by atoms with Crippen molar-refractivity contribution in [1.29, 1.82) is 0 Å². The molecule has 1 saturated heterocycles. The van der Waals surface area contributed by atoms with Gasteiger partial charge in [0.25, 0.3) is 0 Å². The van der Waals surface area contributed by atoms with Crippen molar-refractivity contribution in [3.05, 3.63) is 0 Å². The number of rotatable bonds is 0. The Morgan fingerprint density at radius 1 is 1.09 bits per heavy atom. The lowest BCUT2D eigenvalue weighted by Crippen LogP contribution is -2.24. The van der Waals surface area contributed by atoms with Gasteiger partial charge in [0.05, 0.1) is 12.2 Å². The van der Waals surface area contributed by atoms with Gasteiger partial charge >= 0.3 is 0 Å². The zero-order valence-corrected chi connectivity index (χ0v) is 7.29. The van der Waals surface area contributed by atoms with Crippen molar-refractivity contribution < 1.29 is 4.74 Å². The first kappa shape index (κ1) is 6.47. The Bertz CT molecular complexity index is 189. The number of ether oxygens (including phenoxy) is 1. The van der Waals surface area contributed by atoms with Crippen LogP contribution < -0.4 is 0 Å². The van der Waals surface area contributed by atoms with E-state index in [1.54, 1.807) is 0 Å². The van der Waals surface area contributed by atoms with Crippen molar-refractivity contribution in [2.75, 3.05) is 0 Å². The van der Waals surface area contributed by atoms with Gasteiger partial charge in [-0.2, -0.15) is 0 Å². The molecule has 0 aromatic heterocycles. The Hall–Kier alpha value is -0.0400. The summed E-state index contributed by atoms with van der Waals surface area (Å²) in [5.41, 5.74) is 0. The summed E-state index contributed by atoms with van der Waals surface area (Å²) in [6.07, 6.45) is 4.15. The maximum Gasteiger partial charge on any atom is 0.0638 e. The summed E-state index contributed by atoms with van der Waals surface area (Å²) in [5, 5.41) is 0. The number of fused-ring (bicyclic) bond motifs is 1. The molecule has 0 spiro atoms. The van der Waals surface area contributed by atoms with Crippen LogP contribution in [0.5, 0.6) is 0 Å². The molecule has 0 radical (unpaired) electrons. The second-order valence-corrected chi connectivity index (χ2v) is 4.72. The molecular formula is C10H16O. The van der Waals surface area contributed by atoms with Gasteiger partial charge < -0.3 is 4.74 Å². The molecule has 0 amide bonds. The van der Waals surface area contributed by atoms with E-state index in [4.69, 9.17) is 4.74 Å². The van der Waals surface area contributed by atoms with Crippen LogP contribution in [0.1, 0.15) is 26.7 Å². The van der Waals surface area contributed by atoms with Crippen molar-refractivity contribution in [3.63, 3.8) is 0 Å². The summed E-state index contributed by atoms with van der Waals surface area (Å²) >= 11 is 0. The highest BCUT2D eigenvalue weighted by Gasteiger charge is 2.57. The first-order chi connectivity index (χ1) is 5.27. The predicted octanol–water partition coefficient (Wildman–Crippen LogP) is 2.07. The van der Waals surface area contributed by atoms with Crippen molar-refractivity contribution in [1.82, 2.24) is 0 Å². The molecule has 3 fully saturated rings. The van der Waals surface area contributed by atoms with E-state index in [0.717, 1.165) is 23.7 Å². The van der Waals surface area contributed by atoms with Crippen LogP contribution in [-0.2, 0) is 4.74 Å². The molecule has 0 aromatic carbocycles. The van der Waals surface area contributed by atoms with Crippen LogP contribution in [0, 0.1) is 23.7 Å². The Balaban J connectivity index is 1.98. The minimum Gasteiger partial charge on any atom is -0.374 e. The highest BCUT2D eigenvalue weighted by atomic mass is 16.5. The van der Waals surface area contributed by atoms with E-state index in [2.05, 4.69) is 13.8 Å². The van der Waals surface area contributed by atoms with E-state index >= 15 is 0 Å². The summed E-state index contributed by atoms with van der Waals surface area (Å²) in [6, 6.07) is 0. The zero-order valence-electron chi connectivity index (χ0n) is 7.29. The topological polar surface area (TPSA) is 9.23 Å². The molecule has 0 N–H and O–H groups in total. The van der Waals surface area contributed by atoms with Crippen LogP contribution >= 0.6 is 0 Å². The summed E-state index contributed by atoms with van der Waals surface area (Å²) in [6.45, 7) is 4.64. The van der Waals surface area contributed by atoms with Gasteiger partial charge in [0.2, 0.25) is 0 Å². The number of hydrogen-bond acceptors (Lipinski definition) is 1. The Morgan fingerprint density at radius 2 is 1.82 bits per heavy atom. The van der Waals surface area contributed by atoms with Gasteiger partial charge in [-0.05, 0) is 43.4 Å². The van der Waals surface area contributed by atoms with Crippen molar-refractivity contribution >= 4 is 0 Å². The minimum absolute atomic E-state index is 0.569. The standard InChI is InChI=1S/C10H16O/c1-5-7-3-8-6(2)11-10(5)9(8)4-7/h5-10H,3-4H2,1-2H3. The molecule has 3 aliphatic rings. The van der Waals surface area contributed by atoms with Gasteiger partial charge in [0.1, 0.15) is 0 Å². The van der Waals surface area contributed by atoms with Crippen LogP contribution in [0.2, 0.25) is 0 Å². The van der Waals surface area contributed by atoms with Gasteiger partial charge in [-0.25, -0.2) is 0 Å². The Kier molecular flexibility index (Phi) is 1.07. The molecule has 1 aliphatic heterocycles. The Morgan fingerprint density at radius 3 is 2.45 bits per heavy atom. The minimum atomic E-state index is 0.569. The Labute approximate surface area is 68.1 Å². The molecule has 2 saturated carbocycles. The second-order valence-electron chi connectivity index (χ2n) is 4.72. The van der Waals surface area contributed by atoms with Crippen molar-refractivity contribution in [3.8, 4) is 0 Å². The molecule has 6 unspecified atom stereocenters. The lowest BCUT2D eigenvalue weighted by atomic mass is 9.82. The van der Waals surface area contributed by atoms with E-state index in [0.29, 0.717) is 12.2 Å². The van der Waals surface area contributed by atoms with Gasteiger partial charge in [0, 0.05) is 0 Å². The van der Waals surface area contributed by atoms with E-state index in [-0.39, 0.29) is 0 Å². The highest BCUT2D eigenvalue weighted by molar-refractivity contribution is 5.05. The normalized spacial score (nSPS) is 66.0. The molecule has 62 valence electrons. The fourth-order valence-electron chi connectivity index (χ4n) is 3.72. The lowest BCUT2D eigenvalue weighted by Gasteiger charge is -2.22. The first-order valence-corrected chi connectivity index (χ1v) is 4.93. The zero-order chi connectivity index (χ0) is 7.59. The summed E-state index contributed by atoms with van der Waals surface area (Å²) in [4.78, 5) is 0. The molecule has 0 aromatic rings. The molecule has 1 nitrogen and oxygen atoms in total. The lowest BCUT2D eigenvalue weighted by molar-refractivity contribution is 0.0255. The van der Waals surface area contributed by atoms with Gasteiger partial charge in [-0.3, -0.25) is 0 Å². The maximum atomic E-state index is 5.95. The molecule has 2 bridgehead atoms. The second kappa shape index (κ2) is 1.82. The van der Waals surface area contributed by atoms with Crippen LogP contribution in [0.15, 0.2) is 0 Å². The maximum absolute atomic E-state index is 5.95. The molecule has 2 aliphatic carbocycles. The molecule has 6 atom stereocenters. The van der Waals surface area contributed by atoms with Gasteiger partial charge in [0.15, 0.2) is 0 Å². The quantitative estimate of drug-likeness (QED) is 0.516. The van der Waals surface area contributed by atoms with E-state index in [1.807, 2.05) is 0 Å². The average Bonchev–Trinajstić information content (AvgIpc) is 2.53. The highest BCUT2D eigenvalue weighted by Crippen LogP contribution is 2.58. The fourth-order valence-corrected chi connectivity index (χ4v) is 3.72.